The zero-order chi connectivity index (χ0) is 27.7. The molecule has 214 valence electrons. The molecule has 4 heterocycles. The highest BCUT2D eigenvalue weighted by Crippen LogP contribution is 2.48. The number of carbonyl (C=O) groups excluding carboxylic acids is 2. The molecule has 3 amide bonds. The molecule has 6 rings (SSSR count). The maximum Gasteiger partial charge on any atom is 0.320 e. The van der Waals surface area contributed by atoms with Crippen LogP contribution in [0.25, 0.3) is 0 Å². The second-order valence-corrected chi connectivity index (χ2v) is 12.2. The molecule has 1 aromatic heterocycles. The van der Waals surface area contributed by atoms with E-state index >= 15 is 0 Å². The van der Waals surface area contributed by atoms with Crippen LogP contribution in [0.2, 0.25) is 0 Å². The largest absolute Gasteiger partial charge is 0.364 e. The van der Waals surface area contributed by atoms with Gasteiger partial charge in [-0.25, -0.2) is 14.8 Å². The SMILES string of the molecule is CN1CCN([C@@H]2CCCN(c3cnc(C(N)=O)c(Nc4ccc(C5CCC6(CCNCC6)CC5)cc4)n3)C2)C1=O. The molecule has 0 bridgehead atoms. The fourth-order valence-corrected chi connectivity index (χ4v) is 7.22. The summed E-state index contributed by atoms with van der Waals surface area (Å²) < 4.78 is 0. The van der Waals surface area contributed by atoms with Crippen molar-refractivity contribution in [2.24, 2.45) is 11.1 Å². The number of nitrogens with two attached hydrogens (primary N) is 1. The molecule has 1 aliphatic carbocycles. The molecule has 10 heteroatoms. The second kappa shape index (κ2) is 11.2. The average molecular weight is 547 g/mol. The first-order valence-corrected chi connectivity index (χ1v) is 14.9. The van der Waals surface area contributed by atoms with Crippen LogP contribution in [0.5, 0.6) is 0 Å². The van der Waals surface area contributed by atoms with Crippen molar-refractivity contribution in [1.29, 1.82) is 0 Å². The number of nitrogens with one attached hydrogen (secondary N) is 2. The molecular weight excluding hydrogens is 504 g/mol. The third-order valence-electron chi connectivity index (χ3n) is 9.76. The third-order valence-corrected chi connectivity index (χ3v) is 9.76. The van der Waals surface area contributed by atoms with Gasteiger partial charge in [0.2, 0.25) is 0 Å². The van der Waals surface area contributed by atoms with Crippen LogP contribution in [0, 0.1) is 5.41 Å². The van der Waals surface area contributed by atoms with Crippen LogP contribution in [0.15, 0.2) is 30.5 Å². The summed E-state index contributed by atoms with van der Waals surface area (Å²) in [6.45, 7) is 5.35. The highest BCUT2D eigenvalue weighted by molar-refractivity contribution is 5.96. The summed E-state index contributed by atoms with van der Waals surface area (Å²) in [7, 11) is 1.85. The molecule has 1 saturated carbocycles. The number of rotatable bonds is 6. The van der Waals surface area contributed by atoms with Crippen molar-refractivity contribution in [2.75, 3.05) is 56.5 Å². The van der Waals surface area contributed by atoms with Crippen molar-refractivity contribution >= 4 is 29.3 Å². The van der Waals surface area contributed by atoms with Gasteiger partial charge in [0.05, 0.1) is 12.2 Å². The number of hydrogen-bond donors (Lipinski definition) is 3. The highest BCUT2D eigenvalue weighted by atomic mass is 16.2. The smallest absolute Gasteiger partial charge is 0.320 e. The zero-order valence-electron chi connectivity index (χ0n) is 23.6. The number of amides is 3. The number of primary amides is 1. The van der Waals surface area contributed by atoms with E-state index in [0.717, 1.165) is 51.3 Å². The predicted octanol–water partition coefficient (Wildman–Crippen LogP) is 3.68. The van der Waals surface area contributed by atoms with E-state index in [1.54, 1.807) is 11.1 Å². The lowest BCUT2D eigenvalue weighted by Gasteiger charge is -2.43. The Balaban J connectivity index is 1.14. The summed E-state index contributed by atoms with van der Waals surface area (Å²) in [4.78, 5) is 39.9. The monoisotopic (exact) mass is 546 g/mol. The quantitative estimate of drug-likeness (QED) is 0.506. The number of aromatic nitrogens is 2. The summed E-state index contributed by atoms with van der Waals surface area (Å²) in [5, 5.41) is 6.82. The predicted molar refractivity (Wildman–Crippen MR) is 156 cm³/mol. The van der Waals surface area contributed by atoms with Gasteiger partial charge in [-0.05, 0) is 93.5 Å². The van der Waals surface area contributed by atoms with Crippen molar-refractivity contribution in [3.63, 3.8) is 0 Å². The standard InChI is InChI=1S/C30H42N8O2/c1-36-17-18-38(29(36)40)24-3-2-16-37(20-24)25-19-33-26(27(31)39)28(35-25)34-23-6-4-21(5-7-23)22-8-10-30(11-9-22)12-14-32-15-13-30/h4-7,19,22,24,32H,2-3,8-18,20H2,1H3,(H2,31,39)(H,34,35)/t24-/m1/s1. The van der Waals surface area contributed by atoms with Crippen LogP contribution < -0.4 is 21.3 Å². The number of nitrogens with zero attached hydrogens (tertiary/aromatic N) is 5. The minimum atomic E-state index is -0.616. The van der Waals surface area contributed by atoms with Crippen molar-refractivity contribution in [3.8, 4) is 0 Å². The molecule has 40 heavy (non-hydrogen) atoms. The van der Waals surface area contributed by atoms with Crippen molar-refractivity contribution < 1.29 is 9.59 Å². The molecule has 4 aliphatic rings. The summed E-state index contributed by atoms with van der Waals surface area (Å²) in [5.41, 5.74) is 8.58. The zero-order valence-corrected chi connectivity index (χ0v) is 23.6. The summed E-state index contributed by atoms with van der Waals surface area (Å²) in [5.74, 6) is 1.04. The first kappa shape index (κ1) is 26.8. The second-order valence-electron chi connectivity index (χ2n) is 12.2. The molecule has 0 radical (unpaired) electrons. The minimum absolute atomic E-state index is 0.0897. The topological polar surface area (TPSA) is 120 Å². The van der Waals surface area contributed by atoms with Crippen molar-refractivity contribution in [3.05, 3.63) is 41.7 Å². The van der Waals surface area contributed by atoms with Crippen LogP contribution in [0.3, 0.4) is 0 Å². The fourth-order valence-electron chi connectivity index (χ4n) is 7.22. The van der Waals surface area contributed by atoms with Crippen LogP contribution >= 0.6 is 0 Å². The number of piperidine rings is 2. The van der Waals surface area contributed by atoms with E-state index in [9.17, 15) is 9.59 Å². The number of urea groups is 1. The van der Waals surface area contributed by atoms with Crippen LogP contribution in [0.1, 0.15) is 73.3 Å². The van der Waals surface area contributed by atoms with Gasteiger partial charge in [0, 0.05) is 38.9 Å². The molecule has 1 spiro atoms. The van der Waals surface area contributed by atoms with E-state index in [-0.39, 0.29) is 17.8 Å². The molecule has 10 nitrogen and oxygen atoms in total. The Kier molecular flexibility index (Phi) is 7.53. The van der Waals surface area contributed by atoms with E-state index in [0.29, 0.717) is 29.5 Å². The first-order valence-electron chi connectivity index (χ1n) is 14.9. The third kappa shape index (κ3) is 5.46. The Morgan fingerprint density at radius 2 is 1.80 bits per heavy atom. The van der Waals surface area contributed by atoms with E-state index in [1.165, 1.54) is 44.1 Å². The van der Waals surface area contributed by atoms with E-state index in [1.807, 2.05) is 11.9 Å². The molecule has 1 aromatic carbocycles. The van der Waals surface area contributed by atoms with E-state index < -0.39 is 5.91 Å². The lowest BCUT2D eigenvalue weighted by Crippen LogP contribution is -2.49. The highest BCUT2D eigenvalue weighted by Gasteiger charge is 2.37. The molecule has 4 N–H and O–H groups in total. The lowest BCUT2D eigenvalue weighted by molar-refractivity contribution is 0.0996. The molecule has 1 atom stereocenters. The molecule has 0 unspecified atom stereocenters. The lowest BCUT2D eigenvalue weighted by atomic mass is 9.65. The summed E-state index contributed by atoms with van der Waals surface area (Å²) >= 11 is 0. The number of hydrogen-bond acceptors (Lipinski definition) is 7. The van der Waals surface area contributed by atoms with Gasteiger partial charge in [0.15, 0.2) is 11.5 Å². The fraction of sp³-hybridized carbons (Fsp3) is 0.600. The Morgan fingerprint density at radius 1 is 1.05 bits per heavy atom. The van der Waals surface area contributed by atoms with Gasteiger partial charge in [-0.15, -0.1) is 0 Å². The molecule has 3 aliphatic heterocycles. The van der Waals surface area contributed by atoms with Crippen LogP contribution in [-0.4, -0.2) is 84.1 Å². The minimum Gasteiger partial charge on any atom is -0.364 e. The Hall–Kier alpha value is -3.40. The summed E-state index contributed by atoms with van der Waals surface area (Å²) in [6, 6.07) is 8.76. The van der Waals surface area contributed by atoms with Gasteiger partial charge < -0.3 is 31.1 Å². The average Bonchev–Trinajstić information content (AvgIpc) is 3.32. The van der Waals surface area contributed by atoms with Gasteiger partial charge in [-0.3, -0.25) is 4.79 Å². The Labute approximate surface area is 236 Å². The van der Waals surface area contributed by atoms with Crippen molar-refractivity contribution in [2.45, 2.75) is 63.3 Å². The van der Waals surface area contributed by atoms with Crippen LogP contribution in [-0.2, 0) is 0 Å². The Bertz CT molecular complexity index is 1220. The number of likely N-dealkylation sites (N-methyl/N-ethyl adjacent to an activating group) is 1. The first-order chi connectivity index (χ1) is 19.4. The van der Waals surface area contributed by atoms with E-state index in [2.05, 4.69) is 44.8 Å². The van der Waals surface area contributed by atoms with E-state index in [4.69, 9.17) is 10.7 Å². The molecule has 3 saturated heterocycles. The maximum atomic E-state index is 12.6. The van der Waals surface area contributed by atoms with Crippen LogP contribution in [0.4, 0.5) is 22.1 Å². The van der Waals surface area contributed by atoms with Gasteiger partial charge in [-0.2, -0.15) is 0 Å². The van der Waals surface area contributed by atoms with Gasteiger partial charge in [0.25, 0.3) is 5.91 Å². The Morgan fingerprint density at radius 3 is 2.48 bits per heavy atom. The molecule has 2 aromatic rings. The molecule has 4 fully saturated rings. The summed E-state index contributed by atoms with van der Waals surface area (Å²) in [6.07, 6.45) is 11.3. The van der Waals surface area contributed by atoms with Crippen molar-refractivity contribution in [1.82, 2.24) is 25.1 Å². The maximum absolute atomic E-state index is 12.6. The van der Waals surface area contributed by atoms with Gasteiger partial charge >= 0.3 is 6.03 Å². The number of anilines is 3. The van der Waals surface area contributed by atoms with Gasteiger partial charge in [-0.1, -0.05) is 12.1 Å². The normalized spacial score (nSPS) is 23.6. The number of carbonyl (C=O) groups is 2. The molecular formula is C30H42N8O2. The van der Waals surface area contributed by atoms with Gasteiger partial charge in [0.1, 0.15) is 5.82 Å². The number of benzene rings is 1.